The lowest BCUT2D eigenvalue weighted by Gasteiger charge is -2.32. The van der Waals surface area contributed by atoms with Crippen LogP contribution in [0.5, 0.6) is 5.75 Å². The van der Waals surface area contributed by atoms with Crippen LogP contribution in [0, 0.1) is 5.82 Å². The summed E-state index contributed by atoms with van der Waals surface area (Å²) in [5.41, 5.74) is 2.48. The number of nitrogens with one attached hydrogen (secondary N) is 3. The summed E-state index contributed by atoms with van der Waals surface area (Å²) in [5.74, 6) is 0.454. The molecule has 1 amide bonds. The summed E-state index contributed by atoms with van der Waals surface area (Å²) in [6, 6.07) is 13.2. The highest BCUT2D eigenvalue weighted by Crippen LogP contribution is 2.31. The molecule has 39 heavy (non-hydrogen) atoms. The predicted molar refractivity (Wildman–Crippen MR) is 150 cm³/mol. The Morgan fingerprint density at radius 1 is 1.15 bits per heavy atom. The van der Waals surface area contributed by atoms with Crippen LogP contribution in [0.2, 0.25) is 5.02 Å². The van der Waals surface area contributed by atoms with E-state index in [1.54, 1.807) is 42.6 Å². The van der Waals surface area contributed by atoms with Gasteiger partial charge >= 0.3 is 0 Å². The first kappa shape index (κ1) is 26.9. The van der Waals surface area contributed by atoms with Crippen LogP contribution in [-0.2, 0) is 6.61 Å². The molecule has 4 aromatic rings. The van der Waals surface area contributed by atoms with Crippen molar-refractivity contribution >= 4 is 39.9 Å². The van der Waals surface area contributed by atoms with Gasteiger partial charge in [0.05, 0.1) is 16.7 Å². The quantitative estimate of drug-likeness (QED) is 0.251. The number of carbonyl (C=O) groups is 1. The fourth-order valence-corrected chi connectivity index (χ4v) is 4.70. The molecule has 2 aromatic heterocycles. The zero-order valence-electron chi connectivity index (χ0n) is 21.7. The highest BCUT2D eigenvalue weighted by molar-refractivity contribution is 6.32. The summed E-state index contributed by atoms with van der Waals surface area (Å²) in [5, 5.41) is 15.6. The molecule has 0 saturated carbocycles. The standard InChI is InChI=1S/C28H31ClFN7O2/c1-36-10-12-37(13-11-36)9-3-8-31-28(38)24-15-20-17-32-35-27(26(20)34-24)33-22-6-7-25(23(29)16-22)39-18-19-4-2-5-21(30)14-19/h2,4-7,14-17,34H,3,8-13,18H2,1H3,(H,31,38)(H,33,35). The second-order valence-electron chi connectivity index (χ2n) is 9.65. The van der Waals surface area contributed by atoms with E-state index >= 15 is 0 Å². The molecule has 0 unspecified atom stereocenters. The molecule has 1 fully saturated rings. The molecule has 1 aliphatic rings. The Morgan fingerprint density at radius 3 is 2.79 bits per heavy atom. The maximum atomic E-state index is 13.4. The van der Waals surface area contributed by atoms with E-state index in [0.717, 1.165) is 44.5 Å². The number of aromatic nitrogens is 3. The van der Waals surface area contributed by atoms with E-state index in [1.807, 2.05) is 0 Å². The van der Waals surface area contributed by atoms with E-state index in [0.29, 0.717) is 45.6 Å². The summed E-state index contributed by atoms with van der Waals surface area (Å²) in [7, 11) is 2.14. The number of likely N-dealkylation sites (N-methyl/N-ethyl adjacent to an activating group) is 1. The van der Waals surface area contributed by atoms with Gasteiger partial charge in [0.25, 0.3) is 5.91 Å². The van der Waals surface area contributed by atoms with Gasteiger partial charge in [-0.25, -0.2) is 4.39 Å². The number of hydrogen-bond acceptors (Lipinski definition) is 7. The molecule has 204 valence electrons. The number of fused-ring (bicyclic) bond motifs is 1. The van der Waals surface area contributed by atoms with Crippen molar-refractivity contribution in [2.75, 3.05) is 51.6 Å². The van der Waals surface area contributed by atoms with E-state index in [-0.39, 0.29) is 18.3 Å². The van der Waals surface area contributed by atoms with Crippen LogP contribution in [0.4, 0.5) is 15.9 Å². The van der Waals surface area contributed by atoms with Crippen molar-refractivity contribution in [3.63, 3.8) is 0 Å². The minimum Gasteiger partial charge on any atom is -0.487 e. The fourth-order valence-electron chi connectivity index (χ4n) is 4.47. The van der Waals surface area contributed by atoms with Gasteiger partial charge in [0, 0.05) is 43.8 Å². The van der Waals surface area contributed by atoms with Crippen LogP contribution >= 0.6 is 11.6 Å². The maximum Gasteiger partial charge on any atom is 0.267 e. The molecule has 9 nitrogen and oxygen atoms in total. The molecule has 3 heterocycles. The zero-order chi connectivity index (χ0) is 27.2. The summed E-state index contributed by atoms with van der Waals surface area (Å²) in [4.78, 5) is 20.7. The van der Waals surface area contributed by atoms with Crippen LogP contribution in [0.25, 0.3) is 10.9 Å². The van der Waals surface area contributed by atoms with Crippen molar-refractivity contribution in [2.45, 2.75) is 13.0 Å². The van der Waals surface area contributed by atoms with Gasteiger partial charge in [-0.05, 0) is 62.0 Å². The molecule has 0 spiro atoms. The average Bonchev–Trinajstić information content (AvgIpc) is 3.37. The first-order valence-electron chi connectivity index (χ1n) is 12.9. The minimum atomic E-state index is -0.316. The number of carbonyl (C=O) groups excluding carboxylic acids is 1. The van der Waals surface area contributed by atoms with Crippen LogP contribution in [0.15, 0.2) is 54.7 Å². The Labute approximate surface area is 231 Å². The van der Waals surface area contributed by atoms with Crippen molar-refractivity contribution in [3.8, 4) is 5.75 Å². The number of hydrogen-bond donors (Lipinski definition) is 3. The summed E-state index contributed by atoms with van der Waals surface area (Å²) in [6.45, 7) is 6.07. The SMILES string of the molecule is CN1CCN(CCCNC(=O)c2cc3cnnc(Nc4ccc(OCc5cccc(F)c5)c(Cl)c4)c3[nH]2)CC1. The second kappa shape index (κ2) is 12.4. The van der Waals surface area contributed by atoms with Gasteiger partial charge < -0.3 is 30.2 Å². The Morgan fingerprint density at radius 2 is 2.00 bits per heavy atom. The lowest BCUT2D eigenvalue weighted by molar-refractivity contribution is 0.0945. The number of aromatic amines is 1. The minimum absolute atomic E-state index is 0.168. The molecular formula is C28H31ClFN7O2. The Hall–Kier alpha value is -3.73. The van der Waals surface area contributed by atoms with Crippen molar-refractivity contribution in [2.24, 2.45) is 0 Å². The number of ether oxygens (including phenoxy) is 1. The number of nitrogens with zero attached hydrogens (tertiary/aromatic N) is 4. The number of H-pyrrole nitrogens is 1. The van der Waals surface area contributed by atoms with Crippen LogP contribution < -0.4 is 15.4 Å². The van der Waals surface area contributed by atoms with E-state index in [1.165, 1.54) is 12.1 Å². The van der Waals surface area contributed by atoms with Gasteiger partial charge in [-0.1, -0.05) is 23.7 Å². The molecular weight excluding hydrogens is 521 g/mol. The first-order valence-corrected chi connectivity index (χ1v) is 13.3. The van der Waals surface area contributed by atoms with Gasteiger partial charge in [0.2, 0.25) is 0 Å². The second-order valence-corrected chi connectivity index (χ2v) is 10.1. The normalized spacial score (nSPS) is 14.4. The predicted octanol–water partition coefficient (Wildman–Crippen LogP) is 4.44. The van der Waals surface area contributed by atoms with Gasteiger partial charge in [-0.15, -0.1) is 5.10 Å². The average molecular weight is 552 g/mol. The van der Waals surface area contributed by atoms with E-state index in [4.69, 9.17) is 16.3 Å². The third-order valence-corrected chi connectivity index (χ3v) is 6.99. The molecule has 11 heteroatoms. The number of anilines is 2. The van der Waals surface area contributed by atoms with Crippen molar-refractivity contribution in [1.82, 2.24) is 30.3 Å². The van der Waals surface area contributed by atoms with Crippen LogP contribution in [0.1, 0.15) is 22.5 Å². The highest BCUT2D eigenvalue weighted by atomic mass is 35.5. The van der Waals surface area contributed by atoms with Crippen molar-refractivity contribution in [3.05, 3.63) is 76.8 Å². The number of benzene rings is 2. The molecule has 3 N–H and O–H groups in total. The van der Waals surface area contributed by atoms with Crippen LogP contribution in [0.3, 0.4) is 0 Å². The first-order chi connectivity index (χ1) is 18.9. The molecule has 1 saturated heterocycles. The largest absolute Gasteiger partial charge is 0.487 e. The molecule has 0 radical (unpaired) electrons. The lowest BCUT2D eigenvalue weighted by Crippen LogP contribution is -2.45. The molecule has 0 aliphatic carbocycles. The van der Waals surface area contributed by atoms with Crippen molar-refractivity contribution in [1.29, 1.82) is 0 Å². The number of halogens is 2. The van der Waals surface area contributed by atoms with Crippen LogP contribution in [-0.4, -0.2) is 77.2 Å². The van der Waals surface area contributed by atoms with E-state index in [9.17, 15) is 9.18 Å². The Balaban J connectivity index is 1.18. The summed E-state index contributed by atoms with van der Waals surface area (Å²) in [6.07, 6.45) is 2.51. The third kappa shape index (κ3) is 7.03. The van der Waals surface area contributed by atoms with Gasteiger partial charge in [-0.3, -0.25) is 4.79 Å². The van der Waals surface area contributed by atoms with Gasteiger partial charge in [0.1, 0.15) is 23.9 Å². The Bertz CT molecular complexity index is 1440. The van der Waals surface area contributed by atoms with Gasteiger partial charge in [0.15, 0.2) is 5.82 Å². The topological polar surface area (TPSA) is 98.4 Å². The third-order valence-electron chi connectivity index (χ3n) is 6.69. The van der Waals surface area contributed by atoms with E-state index < -0.39 is 0 Å². The molecule has 0 atom stereocenters. The molecule has 2 aromatic carbocycles. The summed E-state index contributed by atoms with van der Waals surface area (Å²) < 4.78 is 19.2. The summed E-state index contributed by atoms with van der Waals surface area (Å²) >= 11 is 6.43. The smallest absolute Gasteiger partial charge is 0.267 e. The fraction of sp³-hybridized carbons (Fsp3) is 0.321. The molecule has 0 bridgehead atoms. The zero-order valence-corrected chi connectivity index (χ0v) is 22.5. The highest BCUT2D eigenvalue weighted by Gasteiger charge is 2.15. The maximum absolute atomic E-state index is 13.4. The van der Waals surface area contributed by atoms with Gasteiger partial charge in [-0.2, -0.15) is 5.10 Å². The number of piperazine rings is 1. The lowest BCUT2D eigenvalue weighted by atomic mass is 10.2. The molecule has 5 rings (SSSR count). The number of amides is 1. The van der Waals surface area contributed by atoms with E-state index in [2.05, 4.69) is 42.7 Å². The number of rotatable bonds is 10. The molecule has 1 aliphatic heterocycles. The monoisotopic (exact) mass is 551 g/mol. The Kier molecular flexibility index (Phi) is 8.55. The van der Waals surface area contributed by atoms with Crippen molar-refractivity contribution < 1.29 is 13.9 Å².